The van der Waals surface area contributed by atoms with Crippen LogP contribution in [0, 0.1) is 12.3 Å². The molecule has 0 aliphatic rings. The number of rotatable bonds is 12. The Morgan fingerprint density at radius 1 is 0.957 bits per heavy atom. The maximum atomic E-state index is 12.0. The minimum atomic E-state index is -0.471. The Labute approximate surface area is 144 Å². The minimum absolute atomic E-state index is 0.300. The number of carbonyl (C=O) groups excluding carboxylic acids is 1. The maximum Gasteiger partial charge on any atom is 0.411 e. The van der Waals surface area contributed by atoms with Gasteiger partial charge in [0.15, 0.2) is 0 Å². The van der Waals surface area contributed by atoms with Crippen LogP contribution in [0.25, 0.3) is 0 Å². The average molecular weight is 324 g/mol. The molecule has 3 nitrogen and oxygen atoms in total. The SMILES string of the molecule is C#CCN(CCCCCCCCCCCC)C(=O)OC(C)(C)C. The van der Waals surface area contributed by atoms with Gasteiger partial charge in [-0.25, -0.2) is 4.79 Å². The fraction of sp³-hybridized carbons (Fsp3) is 0.850. The third-order valence-electron chi connectivity index (χ3n) is 3.72. The Bertz CT molecular complexity index is 339. The number of hydrogen-bond donors (Lipinski definition) is 0. The third kappa shape index (κ3) is 14.2. The van der Waals surface area contributed by atoms with Gasteiger partial charge in [0, 0.05) is 6.54 Å². The van der Waals surface area contributed by atoms with Gasteiger partial charge in [0.1, 0.15) is 5.60 Å². The van der Waals surface area contributed by atoms with Crippen LogP contribution in [0.1, 0.15) is 91.9 Å². The molecule has 0 aliphatic heterocycles. The summed E-state index contributed by atoms with van der Waals surface area (Å²) in [6, 6.07) is 0. The van der Waals surface area contributed by atoms with Crippen LogP contribution < -0.4 is 0 Å². The van der Waals surface area contributed by atoms with E-state index in [1.165, 1.54) is 51.4 Å². The molecule has 23 heavy (non-hydrogen) atoms. The van der Waals surface area contributed by atoms with Crippen LogP contribution in [-0.2, 0) is 4.74 Å². The molecule has 0 radical (unpaired) electrons. The molecule has 0 heterocycles. The second kappa shape index (κ2) is 13.3. The topological polar surface area (TPSA) is 29.5 Å². The first-order chi connectivity index (χ1) is 10.9. The van der Waals surface area contributed by atoms with Crippen molar-refractivity contribution in [2.75, 3.05) is 13.1 Å². The summed E-state index contributed by atoms with van der Waals surface area (Å²) in [4.78, 5) is 13.7. The Hall–Kier alpha value is -1.17. The molecule has 3 heteroatoms. The lowest BCUT2D eigenvalue weighted by molar-refractivity contribution is 0.0272. The third-order valence-corrected chi connectivity index (χ3v) is 3.72. The number of hydrogen-bond acceptors (Lipinski definition) is 2. The Balaban J connectivity index is 3.73. The van der Waals surface area contributed by atoms with E-state index in [1.54, 1.807) is 4.90 Å². The summed E-state index contributed by atoms with van der Waals surface area (Å²) in [5, 5.41) is 0. The molecule has 0 aromatic heterocycles. The molecule has 0 unspecified atom stereocenters. The van der Waals surface area contributed by atoms with Crippen LogP contribution >= 0.6 is 0 Å². The van der Waals surface area contributed by atoms with Crippen molar-refractivity contribution in [1.82, 2.24) is 4.90 Å². The molecule has 0 fully saturated rings. The predicted octanol–water partition coefficient (Wildman–Crippen LogP) is 5.78. The number of amides is 1. The largest absolute Gasteiger partial charge is 0.444 e. The molecule has 1 amide bonds. The fourth-order valence-electron chi connectivity index (χ4n) is 2.46. The van der Waals surface area contributed by atoms with Crippen LogP contribution in [0.4, 0.5) is 4.79 Å². The number of ether oxygens (including phenoxy) is 1. The maximum absolute atomic E-state index is 12.0. The van der Waals surface area contributed by atoms with Crippen LogP contribution in [0.2, 0.25) is 0 Å². The summed E-state index contributed by atoms with van der Waals surface area (Å²) in [7, 11) is 0. The highest BCUT2D eigenvalue weighted by Crippen LogP contribution is 2.13. The van der Waals surface area contributed by atoms with E-state index in [4.69, 9.17) is 11.2 Å². The molecule has 0 aromatic carbocycles. The van der Waals surface area contributed by atoms with Gasteiger partial charge in [-0.2, -0.15) is 0 Å². The van der Waals surface area contributed by atoms with Crippen molar-refractivity contribution < 1.29 is 9.53 Å². The molecule has 0 aromatic rings. The quantitative estimate of drug-likeness (QED) is 0.336. The van der Waals surface area contributed by atoms with Crippen molar-refractivity contribution in [2.45, 2.75) is 97.5 Å². The summed E-state index contributed by atoms with van der Waals surface area (Å²) in [5.74, 6) is 2.55. The van der Waals surface area contributed by atoms with Gasteiger partial charge in [0.2, 0.25) is 0 Å². The molecular weight excluding hydrogens is 286 g/mol. The van der Waals surface area contributed by atoms with Crippen molar-refractivity contribution in [3.8, 4) is 12.3 Å². The highest BCUT2D eigenvalue weighted by Gasteiger charge is 2.21. The van der Waals surface area contributed by atoms with Crippen molar-refractivity contribution in [3.63, 3.8) is 0 Å². The summed E-state index contributed by atoms with van der Waals surface area (Å²) in [5.41, 5.74) is -0.471. The summed E-state index contributed by atoms with van der Waals surface area (Å²) < 4.78 is 5.39. The van der Waals surface area contributed by atoms with Gasteiger partial charge in [0.05, 0.1) is 6.54 Å². The molecule has 0 rings (SSSR count). The first kappa shape index (κ1) is 21.8. The molecule has 0 N–H and O–H groups in total. The monoisotopic (exact) mass is 323 g/mol. The molecule has 0 spiro atoms. The van der Waals surface area contributed by atoms with Gasteiger partial charge in [-0.3, -0.25) is 4.90 Å². The van der Waals surface area contributed by atoms with Crippen molar-refractivity contribution in [2.24, 2.45) is 0 Å². The Kier molecular flexibility index (Phi) is 12.6. The van der Waals surface area contributed by atoms with E-state index in [1.807, 2.05) is 20.8 Å². The standard InChI is InChI=1S/C20H37NO2/c1-6-8-9-10-11-12-13-14-15-16-18-21(17-7-2)19(22)23-20(3,4)5/h2H,6,8-18H2,1,3-5H3. The molecule has 134 valence electrons. The molecule has 0 saturated heterocycles. The van der Waals surface area contributed by atoms with Gasteiger partial charge in [0.25, 0.3) is 0 Å². The van der Waals surface area contributed by atoms with Crippen LogP contribution in [0.3, 0.4) is 0 Å². The van der Waals surface area contributed by atoms with E-state index in [9.17, 15) is 4.79 Å². The number of carbonyl (C=O) groups is 1. The predicted molar refractivity (Wildman–Crippen MR) is 98.5 cm³/mol. The fourth-order valence-corrected chi connectivity index (χ4v) is 2.46. The van der Waals surface area contributed by atoms with Gasteiger partial charge in [-0.15, -0.1) is 6.42 Å². The van der Waals surface area contributed by atoms with Crippen molar-refractivity contribution in [1.29, 1.82) is 0 Å². The zero-order valence-electron chi connectivity index (χ0n) is 15.8. The highest BCUT2D eigenvalue weighted by atomic mass is 16.6. The zero-order chi connectivity index (χ0) is 17.6. The Morgan fingerprint density at radius 2 is 1.43 bits per heavy atom. The smallest absolute Gasteiger partial charge is 0.411 e. The Morgan fingerprint density at radius 3 is 1.87 bits per heavy atom. The molecule has 0 aliphatic carbocycles. The second-order valence-electron chi connectivity index (χ2n) is 7.29. The van der Waals surface area contributed by atoms with E-state index in [0.29, 0.717) is 13.1 Å². The normalized spacial score (nSPS) is 11.1. The van der Waals surface area contributed by atoms with Crippen molar-refractivity contribution in [3.05, 3.63) is 0 Å². The number of unbranched alkanes of at least 4 members (excludes halogenated alkanes) is 9. The first-order valence-corrected chi connectivity index (χ1v) is 9.32. The lowest BCUT2D eigenvalue weighted by Gasteiger charge is -2.26. The molecule has 0 bridgehead atoms. The van der Waals surface area contributed by atoms with E-state index in [2.05, 4.69) is 12.8 Å². The zero-order valence-corrected chi connectivity index (χ0v) is 15.8. The van der Waals surface area contributed by atoms with Crippen LogP contribution in [0.15, 0.2) is 0 Å². The van der Waals surface area contributed by atoms with Gasteiger partial charge in [-0.1, -0.05) is 70.6 Å². The molecular formula is C20H37NO2. The minimum Gasteiger partial charge on any atom is -0.444 e. The lowest BCUT2D eigenvalue weighted by atomic mass is 10.1. The first-order valence-electron chi connectivity index (χ1n) is 9.32. The van der Waals surface area contributed by atoms with E-state index in [-0.39, 0.29) is 6.09 Å². The van der Waals surface area contributed by atoms with E-state index < -0.39 is 5.60 Å². The van der Waals surface area contributed by atoms with Gasteiger partial charge in [-0.05, 0) is 27.2 Å². The summed E-state index contributed by atoms with van der Waals surface area (Å²) in [6.07, 6.45) is 17.9. The molecule has 0 atom stereocenters. The summed E-state index contributed by atoms with van der Waals surface area (Å²) >= 11 is 0. The average Bonchev–Trinajstić information content (AvgIpc) is 2.46. The lowest BCUT2D eigenvalue weighted by Crippen LogP contribution is -2.37. The highest BCUT2D eigenvalue weighted by molar-refractivity contribution is 5.68. The summed E-state index contributed by atoms with van der Waals surface area (Å²) in [6.45, 7) is 8.89. The number of terminal acetylenes is 1. The second-order valence-corrected chi connectivity index (χ2v) is 7.29. The van der Waals surface area contributed by atoms with Crippen LogP contribution in [0.5, 0.6) is 0 Å². The van der Waals surface area contributed by atoms with Crippen molar-refractivity contribution >= 4 is 6.09 Å². The van der Waals surface area contributed by atoms with Gasteiger partial charge < -0.3 is 4.74 Å². The van der Waals surface area contributed by atoms with Gasteiger partial charge >= 0.3 is 6.09 Å². The van der Waals surface area contributed by atoms with Crippen LogP contribution in [-0.4, -0.2) is 29.7 Å². The molecule has 0 saturated carbocycles. The van der Waals surface area contributed by atoms with E-state index in [0.717, 1.165) is 12.8 Å². The van der Waals surface area contributed by atoms with E-state index >= 15 is 0 Å². The number of nitrogens with zero attached hydrogens (tertiary/aromatic N) is 1.